The van der Waals surface area contributed by atoms with Gasteiger partial charge in [0.15, 0.2) is 11.5 Å². The highest BCUT2D eigenvalue weighted by Gasteiger charge is 2.30. The minimum atomic E-state index is -0.101. The van der Waals surface area contributed by atoms with Crippen LogP contribution in [0.3, 0.4) is 0 Å². The Labute approximate surface area is 141 Å². The third kappa shape index (κ3) is 2.90. The van der Waals surface area contributed by atoms with Crippen LogP contribution >= 0.6 is 0 Å². The molecule has 0 saturated carbocycles. The van der Waals surface area contributed by atoms with Gasteiger partial charge in [-0.05, 0) is 42.0 Å². The summed E-state index contributed by atoms with van der Waals surface area (Å²) in [5, 5.41) is 29.5. The second-order valence-electron chi connectivity index (χ2n) is 6.16. The van der Waals surface area contributed by atoms with Crippen LogP contribution < -0.4 is 5.73 Å². The van der Waals surface area contributed by atoms with Gasteiger partial charge in [-0.3, -0.25) is 0 Å². The van der Waals surface area contributed by atoms with E-state index < -0.39 is 0 Å². The Kier molecular flexibility index (Phi) is 4.88. The highest BCUT2D eigenvalue weighted by atomic mass is 16.3. The molecule has 0 amide bonds. The maximum atomic E-state index is 10.3. The number of hydrogen-bond donors (Lipinski definition) is 4. The summed E-state index contributed by atoms with van der Waals surface area (Å²) < 4.78 is 0. The van der Waals surface area contributed by atoms with Crippen molar-refractivity contribution in [2.45, 2.75) is 25.2 Å². The summed E-state index contributed by atoms with van der Waals surface area (Å²) in [5.74, 6) is -0.0622. The van der Waals surface area contributed by atoms with Crippen molar-refractivity contribution in [1.82, 2.24) is 0 Å². The van der Waals surface area contributed by atoms with Gasteiger partial charge in [-0.2, -0.15) is 0 Å². The third-order valence-corrected chi connectivity index (χ3v) is 4.81. The van der Waals surface area contributed by atoms with Crippen LogP contribution in [-0.4, -0.2) is 28.5 Å². The molecule has 3 rings (SSSR count). The Balaban J connectivity index is 2.17. The van der Waals surface area contributed by atoms with E-state index in [9.17, 15) is 15.3 Å². The minimum Gasteiger partial charge on any atom is -0.504 e. The number of benzene rings is 2. The van der Waals surface area contributed by atoms with Gasteiger partial charge in [0, 0.05) is 24.6 Å². The zero-order valence-corrected chi connectivity index (χ0v) is 13.6. The standard InChI is InChI=1S/C20H23NO3/c21-12-18-14(7-4-10-22)16(13-5-2-1-3-6-13)11-17-15(18)8-9-19(23)20(17)24/h1-3,5-6,8-9,16,22-24H,4,7,10-12,21H2. The lowest BCUT2D eigenvalue weighted by Crippen LogP contribution is -2.19. The fourth-order valence-corrected chi connectivity index (χ4v) is 3.66. The third-order valence-electron chi connectivity index (χ3n) is 4.81. The maximum absolute atomic E-state index is 10.3. The lowest BCUT2D eigenvalue weighted by Gasteiger charge is -2.31. The largest absolute Gasteiger partial charge is 0.504 e. The lowest BCUT2D eigenvalue weighted by atomic mass is 9.73. The zero-order chi connectivity index (χ0) is 17.1. The van der Waals surface area contributed by atoms with Crippen molar-refractivity contribution in [3.05, 3.63) is 64.7 Å². The van der Waals surface area contributed by atoms with Gasteiger partial charge < -0.3 is 21.1 Å². The molecule has 2 aromatic carbocycles. The lowest BCUT2D eigenvalue weighted by molar-refractivity contribution is 0.287. The van der Waals surface area contributed by atoms with Gasteiger partial charge in [0.05, 0.1) is 0 Å². The molecule has 0 aromatic heterocycles. The molecule has 126 valence electrons. The van der Waals surface area contributed by atoms with E-state index in [1.807, 2.05) is 24.3 Å². The predicted octanol–water partition coefficient (Wildman–Crippen LogP) is 2.92. The first-order valence-electron chi connectivity index (χ1n) is 8.29. The van der Waals surface area contributed by atoms with Crippen LogP contribution in [0.1, 0.15) is 35.4 Å². The van der Waals surface area contributed by atoms with Crippen LogP contribution in [0.4, 0.5) is 0 Å². The van der Waals surface area contributed by atoms with Crippen LogP contribution in [-0.2, 0) is 6.42 Å². The van der Waals surface area contributed by atoms with E-state index in [-0.39, 0.29) is 24.0 Å². The first-order chi connectivity index (χ1) is 11.7. The number of fused-ring (bicyclic) bond motifs is 1. The Morgan fingerprint density at radius 3 is 2.46 bits per heavy atom. The fraction of sp³-hybridized carbons (Fsp3) is 0.300. The fourth-order valence-electron chi connectivity index (χ4n) is 3.66. The van der Waals surface area contributed by atoms with E-state index in [1.165, 1.54) is 11.6 Å². The molecule has 0 bridgehead atoms. The normalized spacial score (nSPS) is 17.0. The molecule has 1 unspecified atom stereocenters. The molecule has 2 aromatic rings. The van der Waals surface area contributed by atoms with Crippen LogP contribution in [0.15, 0.2) is 48.0 Å². The molecule has 0 saturated heterocycles. The molecule has 4 nitrogen and oxygen atoms in total. The highest BCUT2D eigenvalue weighted by molar-refractivity contribution is 5.78. The van der Waals surface area contributed by atoms with Gasteiger partial charge >= 0.3 is 0 Å². The van der Waals surface area contributed by atoms with Gasteiger partial charge in [0.25, 0.3) is 0 Å². The van der Waals surface area contributed by atoms with Crippen molar-refractivity contribution in [3.63, 3.8) is 0 Å². The number of aromatic hydroxyl groups is 2. The molecule has 1 atom stereocenters. The number of aliphatic hydroxyl groups is 1. The van der Waals surface area contributed by atoms with E-state index >= 15 is 0 Å². The SMILES string of the molecule is NCC1=C(CCCO)C(c2ccccc2)Cc2c1ccc(O)c2O. The molecule has 1 aliphatic rings. The number of rotatable bonds is 5. The highest BCUT2D eigenvalue weighted by Crippen LogP contribution is 2.46. The zero-order valence-electron chi connectivity index (χ0n) is 13.6. The number of aliphatic hydroxyl groups excluding tert-OH is 1. The number of nitrogens with two attached hydrogens (primary N) is 1. The number of phenolic OH excluding ortho intramolecular Hbond substituents is 2. The minimum absolute atomic E-state index is 0.0550. The van der Waals surface area contributed by atoms with Crippen molar-refractivity contribution in [1.29, 1.82) is 0 Å². The second-order valence-corrected chi connectivity index (χ2v) is 6.16. The molecular weight excluding hydrogens is 302 g/mol. The molecule has 5 N–H and O–H groups in total. The van der Waals surface area contributed by atoms with Crippen molar-refractivity contribution in [2.24, 2.45) is 5.73 Å². The molecular formula is C20H23NO3. The van der Waals surface area contributed by atoms with Crippen molar-refractivity contribution in [3.8, 4) is 11.5 Å². The Bertz CT molecular complexity index is 753. The monoisotopic (exact) mass is 325 g/mol. The molecule has 0 fully saturated rings. The van der Waals surface area contributed by atoms with Crippen LogP contribution in [0.25, 0.3) is 5.57 Å². The molecule has 4 heteroatoms. The van der Waals surface area contributed by atoms with E-state index in [0.717, 1.165) is 28.7 Å². The Morgan fingerprint density at radius 1 is 1.04 bits per heavy atom. The van der Waals surface area contributed by atoms with E-state index in [4.69, 9.17) is 5.73 Å². The first-order valence-corrected chi connectivity index (χ1v) is 8.29. The number of hydrogen-bond acceptors (Lipinski definition) is 4. The van der Waals surface area contributed by atoms with Crippen LogP contribution in [0, 0.1) is 0 Å². The Morgan fingerprint density at radius 2 is 1.79 bits per heavy atom. The molecule has 0 aliphatic heterocycles. The molecule has 1 aliphatic carbocycles. The predicted molar refractivity (Wildman–Crippen MR) is 95.0 cm³/mol. The maximum Gasteiger partial charge on any atom is 0.161 e. The smallest absolute Gasteiger partial charge is 0.161 e. The topological polar surface area (TPSA) is 86.7 Å². The van der Waals surface area contributed by atoms with Crippen molar-refractivity contribution < 1.29 is 15.3 Å². The average molecular weight is 325 g/mol. The van der Waals surface area contributed by atoms with E-state index in [1.54, 1.807) is 0 Å². The molecule has 0 heterocycles. The molecule has 0 radical (unpaired) electrons. The quantitative estimate of drug-likeness (QED) is 0.637. The average Bonchev–Trinajstić information content (AvgIpc) is 2.62. The van der Waals surface area contributed by atoms with Crippen molar-refractivity contribution in [2.75, 3.05) is 13.2 Å². The summed E-state index contributed by atoms with van der Waals surface area (Å²) in [6.07, 6.45) is 2.06. The molecule has 0 spiro atoms. The van der Waals surface area contributed by atoms with E-state index in [0.29, 0.717) is 19.4 Å². The summed E-state index contributed by atoms with van der Waals surface area (Å²) in [6.45, 7) is 0.498. The Hall–Kier alpha value is -2.30. The van der Waals surface area contributed by atoms with Crippen molar-refractivity contribution >= 4 is 5.57 Å². The first kappa shape index (κ1) is 16.6. The summed E-state index contributed by atoms with van der Waals surface area (Å²) in [5.41, 5.74) is 11.1. The van der Waals surface area contributed by atoms with Crippen LogP contribution in [0.2, 0.25) is 0 Å². The van der Waals surface area contributed by atoms with Gasteiger partial charge in [-0.25, -0.2) is 0 Å². The number of phenols is 2. The second kappa shape index (κ2) is 7.07. The summed E-state index contributed by atoms with van der Waals surface area (Å²) in [6, 6.07) is 13.5. The molecule has 24 heavy (non-hydrogen) atoms. The summed E-state index contributed by atoms with van der Waals surface area (Å²) in [7, 11) is 0. The van der Waals surface area contributed by atoms with Gasteiger partial charge in [-0.1, -0.05) is 42.0 Å². The van der Waals surface area contributed by atoms with Crippen LogP contribution in [0.5, 0.6) is 11.5 Å². The van der Waals surface area contributed by atoms with Gasteiger partial charge in [-0.15, -0.1) is 0 Å². The summed E-state index contributed by atoms with van der Waals surface area (Å²) in [4.78, 5) is 0. The van der Waals surface area contributed by atoms with Gasteiger partial charge in [0.1, 0.15) is 0 Å². The summed E-state index contributed by atoms with van der Waals surface area (Å²) >= 11 is 0. The van der Waals surface area contributed by atoms with E-state index in [2.05, 4.69) is 12.1 Å². The number of allylic oxidation sites excluding steroid dienone is 1. The van der Waals surface area contributed by atoms with Gasteiger partial charge in [0.2, 0.25) is 0 Å².